The van der Waals surface area contributed by atoms with Crippen LogP contribution in [0.3, 0.4) is 0 Å². The van der Waals surface area contributed by atoms with E-state index in [1.807, 2.05) is 6.92 Å². The molecule has 0 saturated carbocycles. The van der Waals surface area contributed by atoms with Crippen molar-refractivity contribution in [3.8, 4) is 0 Å². The summed E-state index contributed by atoms with van der Waals surface area (Å²) in [5.41, 5.74) is 0. The minimum Gasteiger partial charge on any atom is -0.395 e. The fourth-order valence-corrected chi connectivity index (χ4v) is 5.29. The topological polar surface area (TPSA) is 78.4 Å². The van der Waals surface area contributed by atoms with Gasteiger partial charge in [0.15, 0.2) is 0 Å². The maximum absolute atomic E-state index is 12.1. The SMILES string of the molecule is CCC(NC)[C@@H](CO)NS(=O)(=O)c1ccc(I)s1. The normalized spacial score (nSPS) is 15.6. The van der Waals surface area contributed by atoms with Crippen molar-refractivity contribution in [3.63, 3.8) is 0 Å². The summed E-state index contributed by atoms with van der Waals surface area (Å²) in [4.78, 5) is 0. The van der Waals surface area contributed by atoms with E-state index in [2.05, 4.69) is 32.6 Å². The molecule has 104 valence electrons. The molecule has 0 aliphatic heterocycles. The zero-order valence-electron chi connectivity index (χ0n) is 10.2. The molecule has 18 heavy (non-hydrogen) atoms. The lowest BCUT2D eigenvalue weighted by Gasteiger charge is -2.24. The van der Waals surface area contributed by atoms with E-state index in [0.717, 1.165) is 9.30 Å². The van der Waals surface area contributed by atoms with Gasteiger partial charge in [0.1, 0.15) is 4.21 Å². The number of rotatable bonds is 7. The van der Waals surface area contributed by atoms with Crippen LogP contribution in [0.15, 0.2) is 16.3 Å². The third-order valence-electron chi connectivity index (χ3n) is 2.61. The quantitative estimate of drug-likeness (QED) is 0.593. The molecule has 0 fully saturated rings. The minimum absolute atomic E-state index is 0.0937. The van der Waals surface area contributed by atoms with Crippen LogP contribution in [0.2, 0.25) is 0 Å². The van der Waals surface area contributed by atoms with Gasteiger partial charge in [-0.3, -0.25) is 0 Å². The second kappa shape index (κ2) is 7.15. The summed E-state index contributed by atoms with van der Waals surface area (Å²) < 4.78 is 27.9. The number of hydrogen-bond acceptors (Lipinski definition) is 5. The lowest BCUT2D eigenvalue weighted by atomic mass is 10.1. The van der Waals surface area contributed by atoms with E-state index in [1.165, 1.54) is 11.3 Å². The van der Waals surface area contributed by atoms with Crippen molar-refractivity contribution in [1.29, 1.82) is 0 Å². The molecule has 1 aromatic rings. The third-order valence-corrected chi connectivity index (χ3v) is 6.49. The average Bonchev–Trinajstić information content (AvgIpc) is 2.76. The fourth-order valence-electron chi connectivity index (χ4n) is 1.64. The van der Waals surface area contributed by atoms with Crippen molar-refractivity contribution < 1.29 is 13.5 Å². The summed E-state index contributed by atoms with van der Waals surface area (Å²) in [7, 11) is -1.80. The van der Waals surface area contributed by atoms with Crippen LogP contribution in [0.25, 0.3) is 0 Å². The molecule has 2 atom stereocenters. The van der Waals surface area contributed by atoms with Gasteiger partial charge in [-0.2, -0.15) is 0 Å². The summed E-state index contributed by atoms with van der Waals surface area (Å²) in [6.07, 6.45) is 0.728. The molecule has 1 unspecified atom stereocenters. The van der Waals surface area contributed by atoms with E-state index in [0.29, 0.717) is 0 Å². The highest BCUT2D eigenvalue weighted by Gasteiger charge is 2.25. The first-order chi connectivity index (χ1) is 8.44. The number of nitrogens with one attached hydrogen (secondary N) is 2. The van der Waals surface area contributed by atoms with Gasteiger partial charge >= 0.3 is 0 Å². The molecule has 1 rings (SSSR count). The van der Waals surface area contributed by atoms with Crippen molar-refractivity contribution in [2.45, 2.75) is 29.6 Å². The Hall–Kier alpha value is 0.260. The molecule has 0 aliphatic rings. The van der Waals surface area contributed by atoms with Crippen LogP contribution >= 0.6 is 33.9 Å². The van der Waals surface area contributed by atoms with E-state index in [-0.39, 0.29) is 16.9 Å². The second-order valence-electron chi connectivity index (χ2n) is 3.77. The zero-order valence-corrected chi connectivity index (χ0v) is 14.0. The van der Waals surface area contributed by atoms with Crippen LogP contribution < -0.4 is 10.0 Å². The lowest BCUT2D eigenvalue weighted by molar-refractivity contribution is 0.227. The first kappa shape index (κ1) is 16.3. The van der Waals surface area contributed by atoms with Crippen LogP contribution in [0.5, 0.6) is 0 Å². The Morgan fingerprint density at radius 1 is 1.44 bits per heavy atom. The van der Waals surface area contributed by atoms with Gasteiger partial charge in [-0.25, -0.2) is 13.1 Å². The van der Waals surface area contributed by atoms with Gasteiger partial charge in [0, 0.05) is 6.04 Å². The predicted octanol–water partition coefficient (Wildman–Crippen LogP) is 0.990. The third kappa shape index (κ3) is 4.14. The molecule has 0 radical (unpaired) electrons. The van der Waals surface area contributed by atoms with Crippen molar-refractivity contribution in [2.24, 2.45) is 0 Å². The maximum atomic E-state index is 12.1. The van der Waals surface area contributed by atoms with Gasteiger partial charge in [-0.1, -0.05) is 6.92 Å². The molecule has 8 heteroatoms. The monoisotopic (exact) mass is 404 g/mol. The van der Waals surface area contributed by atoms with Crippen LogP contribution in [0.4, 0.5) is 0 Å². The summed E-state index contributed by atoms with van der Waals surface area (Å²) >= 11 is 3.28. The molecule has 3 N–H and O–H groups in total. The Balaban J connectivity index is 2.87. The van der Waals surface area contributed by atoms with Gasteiger partial charge in [-0.05, 0) is 48.2 Å². The Morgan fingerprint density at radius 3 is 2.50 bits per heavy atom. The molecule has 0 aromatic carbocycles. The van der Waals surface area contributed by atoms with Gasteiger partial charge in [0.25, 0.3) is 0 Å². The van der Waals surface area contributed by atoms with Crippen molar-refractivity contribution in [3.05, 3.63) is 15.0 Å². The van der Waals surface area contributed by atoms with Crippen LogP contribution in [-0.4, -0.2) is 39.3 Å². The molecular weight excluding hydrogens is 387 g/mol. The Bertz CT molecular complexity index is 471. The summed E-state index contributed by atoms with van der Waals surface area (Å²) in [6.45, 7) is 1.70. The molecular formula is C10H17IN2O3S2. The highest BCUT2D eigenvalue weighted by Crippen LogP contribution is 2.23. The number of thiophene rings is 1. The maximum Gasteiger partial charge on any atom is 0.250 e. The van der Waals surface area contributed by atoms with Gasteiger partial charge in [0.2, 0.25) is 10.0 Å². The fraction of sp³-hybridized carbons (Fsp3) is 0.600. The van der Waals surface area contributed by atoms with Crippen molar-refractivity contribution in [2.75, 3.05) is 13.7 Å². The number of aliphatic hydroxyl groups excluding tert-OH is 1. The Kier molecular flexibility index (Phi) is 6.48. The Labute approximate surface area is 125 Å². The second-order valence-corrected chi connectivity index (χ2v) is 8.69. The molecule has 5 nitrogen and oxygen atoms in total. The number of halogens is 1. The van der Waals surface area contributed by atoms with Gasteiger partial charge < -0.3 is 10.4 Å². The number of likely N-dealkylation sites (N-methyl/N-ethyl adjacent to an activating group) is 1. The van der Waals surface area contributed by atoms with Gasteiger partial charge in [-0.15, -0.1) is 11.3 Å². The van der Waals surface area contributed by atoms with Crippen LogP contribution in [0.1, 0.15) is 13.3 Å². The van der Waals surface area contributed by atoms with Crippen molar-refractivity contribution in [1.82, 2.24) is 10.0 Å². The Morgan fingerprint density at radius 2 is 2.11 bits per heavy atom. The number of aliphatic hydroxyl groups is 1. The lowest BCUT2D eigenvalue weighted by Crippen LogP contribution is -2.50. The zero-order chi connectivity index (χ0) is 13.8. The molecule has 0 amide bonds. The number of hydrogen-bond donors (Lipinski definition) is 3. The highest BCUT2D eigenvalue weighted by molar-refractivity contribution is 14.1. The smallest absolute Gasteiger partial charge is 0.250 e. The van der Waals surface area contributed by atoms with E-state index < -0.39 is 16.1 Å². The molecule has 0 saturated heterocycles. The first-order valence-electron chi connectivity index (χ1n) is 5.50. The van der Waals surface area contributed by atoms with Gasteiger partial charge in [0.05, 0.1) is 15.5 Å². The minimum atomic E-state index is -3.55. The molecule has 0 spiro atoms. The molecule has 0 bridgehead atoms. The summed E-state index contributed by atoms with van der Waals surface area (Å²) in [5.74, 6) is 0. The summed E-state index contributed by atoms with van der Waals surface area (Å²) in [5, 5.41) is 12.3. The van der Waals surface area contributed by atoms with Crippen molar-refractivity contribution >= 4 is 44.0 Å². The standard InChI is InChI=1S/C10H17IN2O3S2/c1-3-7(12-2)8(6-14)13-18(15,16)10-5-4-9(11)17-10/h4-5,7-8,12-14H,3,6H2,1-2H3/t7?,8-/m1/s1. The number of sulfonamides is 1. The van der Waals surface area contributed by atoms with E-state index in [1.54, 1.807) is 19.2 Å². The van der Waals surface area contributed by atoms with E-state index in [9.17, 15) is 13.5 Å². The largest absolute Gasteiger partial charge is 0.395 e. The predicted molar refractivity (Wildman–Crippen MR) is 81.4 cm³/mol. The first-order valence-corrected chi connectivity index (χ1v) is 8.88. The van der Waals surface area contributed by atoms with Crippen LogP contribution in [-0.2, 0) is 10.0 Å². The average molecular weight is 404 g/mol. The molecule has 1 aromatic heterocycles. The molecule has 0 aliphatic carbocycles. The summed E-state index contributed by atoms with van der Waals surface area (Å²) in [6, 6.07) is 2.71. The molecule has 1 heterocycles. The van der Waals surface area contributed by atoms with Crippen LogP contribution in [0, 0.1) is 2.88 Å². The highest BCUT2D eigenvalue weighted by atomic mass is 127. The van der Waals surface area contributed by atoms with E-state index >= 15 is 0 Å². The van der Waals surface area contributed by atoms with E-state index in [4.69, 9.17) is 0 Å².